The fraction of sp³-hybridized carbons (Fsp3) is 0.929. The van der Waals surface area contributed by atoms with Crippen LogP contribution in [-0.2, 0) is 4.79 Å². The Morgan fingerprint density at radius 1 is 1.28 bits per heavy atom. The first-order valence-electron chi connectivity index (χ1n) is 7.20. The van der Waals surface area contributed by atoms with Crippen molar-refractivity contribution < 1.29 is 4.79 Å². The zero-order valence-corrected chi connectivity index (χ0v) is 12.8. The van der Waals surface area contributed by atoms with E-state index in [4.69, 9.17) is 5.73 Å². The highest BCUT2D eigenvalue weighted by atomic mass is 16.2. The van der Waals surface area contributed by atoms with Crippen molar-refractivity contribution in [3.8, 4) is 0 Å². The summed E-state index contributed by atoms with van der Waals surface area (Å²) in [5, 5.41) is 2.95. The molecule has 0 fully saturated rings. The van der Waals surface area contributed by atoms with Crippen molar-refractivity contribution >= 4 is 5.91 Å². The van der Waals surface area contributed by atoms with Gasteiger partial charge in [0.2, 0.25) is 5.91 Å². The summed E-state index contributed by atoms with van der Waals surface area (Å²) >= 11 is 0. The molecule has 0 aliphatic carbocycles. The van der Waals surface area contributed by atoms with Crippen molar-refractivity contribution in [3.63, 3.8) is 0 Å². The van der Waals surface area contributed by atoms with Crippen LogP contribution in [-0.4, -0.2) is 42.0 Å². The van der Waals surface area contributed by atoms with Crippen molar-refractivity contribution in [3.05, 3.63) is 0 Å². The number of hydrogen-bond donors (Lipinski definition) is 2. The van der Waals surface area contributed by atoms with Gasteiger partial charge in [-0.3, -0.25) is 9.69 Å². The van der Waals surface area contributed by atoms with Crippen LogP contribution in [0.15, 0.2) is 0 Å². The van der Waals surface area contributed by atoms with E-state index >= 15 is 0 Å². The summed E-state index contributed by atoms with van der Waals surface area (Å²) in [5.41, 5.74) is 5.93. The largest absolute Gasteiger partial charge is 0.353 e. The fourth-order valence-electron chi connectivity index (χ4n) is 2.41. The molecule has 0 aromatic heterocycles. The molecule has 0 aliphatic heterocycles. The minimum Gasteiger partial charge on any atom is -0.353 e. The molecular formula is C14H31N3O. The molecule has 18 heavy (non-hydrogen) atoms. The van der Waals surface area contributed by atoms with Gasteiger partial charge in [-0.15, -0.1) is 0 Å². The third-order valence-corrected chi connectivity index (χ3v) is 3.64. The monoisotopic (exact) mass is 257 g/mol. The lowest BCUT2D eigenvalue weighted by molar-refractivity contribution is -0.124. The van der Waals surface area contributed by atoms with Gasteiger partial charge in [-0.25, -0.2) is 0 Å². The van der Waals surface area contributed by atoms with Crippen LogP contribution in [0.1, 0.15) is 53.9 Å². The molecule has 0 saturated carbocycles. The third kappa shape index (κ3) is 4.94. The number of rotatable bonds is 9. The molecule has 4 heteroatoms. The Hall–Kier alpha value is -0.610. The Labute approximate surface area is 112 Å². The number of nitrogens with zero attached hydrogens (tertiary/aromatic N) is 1. The standard InChI is InChI=1S/C14H31N3O/c1-6-9-17(10-13(18)16-12(4)5)14(7-2,8-3)11-15/h12H,6-11,15H2,1-5H3,(H,16,18). The van der Waals surface area contributed by atoms with E-state index in [9.17, 15) is 4.79 Å². The van der Waals surface area contributed by atoms with E-state index in [0.717, 1.165) is 25.8 Å². The van der Waals surface area contributed by atoms with Gasteiger partial charge in [0.15, 0.2) is 0 Å². The summed E-state index contributed by atoms with van der Waals surface area (Å²) in [4.78, 5) is 14.2. The van der Waals surface area contributed by atoms with Gasteiger partial charge in [0.1, 0.15) is 0 Å². The summed E-state index contributed by atoms with van der Waals surface area (Å²) < 4.78 is 0. The molecular weight excluding hydrogens is 226 g/mol. The summed E-state index contributed by atoms with van der Waals surface area (Å²) in [7, 11) is 0. The molecule has 108 valence electrons. The number of carbonyl (C=O) groups is 1. The maximum absolute atomic E-state index is 11.9. The first-order chi connectivity index (χ1) is 8.45. The lowest BCUT2D eigenvalue weighted by Crippen LogP contribution is -2.56. The summed E-state index contributed by atoms with van der Waals surface area (Å²) in [6, 6.07) is 0.191. The smallest absolute Gasteiger partial charge is 0.234 e. The molecule has 0 rings (SSSR count). The van der Waals surface area contributed by atoms with Gasteiger partial charge in [0, 0.05) is 18.1 Å². The van der Waals surface area contributed by atoms with E-state index in [1.165, 1.54) is 0 Å². The molecule has 4 nitrogen and oxygen atoms in total. The van der Waals surface area contributed by atoms with Crippen LogP contribution in [0.25, 0.3) is 0 Å². The molecule has 0 aromatic rings. The van der Waals surface area contributed by atoms with E-state index < -0.39 is 0 Å². The second-order valence-electron chi connectivity index (χ2n) is 5.28. The number of nitrogens with two attached hydrogens (primary N) is 1. The fourth-order valence-corrected chi connectivity index (χ4v) is 2.41. The normalized spacial score (nSPS) is 12.2. The van der Waals surface area contributed by atoms with Crippen LogP contribution in [0.5, 0.6) is 0 Å². The molecule has 0 unspecified atom stereocenters. The Balaban J connectivity index is 4.77. The molecule has 3 N–H and O–H groups in total. The molecule has 0 heterocycles. The van der Waals surface area contributed by atoms with Crippen molar-refractivity contribution in [2.75, 3.05) is 19.6 Å². The molecule has 0 saturated heterocycles. The Kier molecular flexibility index (Phi) is 8.20. The van der Waals surface area contributed by atoms with E-state index in [1.807, 2.05) is 13.8 Å². The molecule has 0 aromatic carbocycles. The van der Waals surface area contributed by atoms with Crippen molar-refractivity contribution in [2.45, 2.75) is 65.5 Å². The minimum atomic E-state index is -0.0374. The first-order valence-corrected chi connectivity index (χ1v) is 7.20. The van der Waals surface area contributed by atoms with Crippen LogP contribution in [0, 0.1) is 0 Å². The first kappa shape index (κ1) is 17.4. The van der Waals surface area contributed by atoms with Crippen molar-refractivity contribution in [1.29, 1.82) is 0 Å². The topological polar surface area (TPSA) is 58.4 Å². The number of amides is 1. The van der Waals surface area contributed by atoms with Crippen LogP contribution in [0.3, 0.4) is 0 Å². The maximum atomic E-state index is 11.9. The quantitative estimate of drug-likeness (QED) is 0.661. The highest BCUT2D eigenvalue weighted by Gasteiger charge is 2.32. The van der Waals surface area contributed by atoms with Crippen LogP contribution in [0.2, 0.25) is 0 Å². The van der Waals surface area contributed by atoms with Gasteiger partial charge in [-0.2, -0.15) is 0 Å². The molecule has 0 atom stereocenters. The van der Waals surface area contributed by atoms with Gasteiger partial charge in [0.05, 0.1) is 6.54 Å². The van der Waals surface area contributed by atoms with E-state index in [2.05, 4.69) is 31.0 Å². The van der Waals surface area contributed by atoms with Gasteiger partial charge in [-0.05, 0) is 39.7 Å². The Morgan fingerprint density at radius 2 is 1.83 bits per heavy atom. The molecule has 0 spiro atoms. The summed E-state index contributed by atoms with van der Waals surface area (Å²) in [6.07, 6.45) is 3.00. The molecule has 1 amide bonds. The van der Waals surface area contributed by atoms with E-state index in [-0.39, 0.29) is 17.5 Å². The second-order valence-corrected chi connectivity index (χ2v) is 5.28. The van der Waals surface area contributed by atoms with Gasteiger partial charge in [0.25, 0.3) is 0 Å². The van der Waals surface area contributed by atoms with Gasteiger partial charge >= 0.3 is 0 Å². The number of carbonyl (C=O) groups excluding carboxylic acids is 1. The Morgan fingerprint density at radius 3 is 2.17 bits per heavy atom. The molecule has 0 aliphatic rings. The van der Waals surface area contributed by atoms with Crippen molar-refractivity contribution in [1.82, 2.24) is 10.2 Å². The van der Waals surface area contributed by atoms with E-state index in [0.29, 0.717) is 13.1 Å². The zero-order chi connectivity index (χ0) is 14.2. The highest BCUT2D eigenvalue weighted by molar-refractivity contribution is 5.78. The lowest BCUT2D eigenvalue weighted by Gasteiger charge is -2.42. The average molecular weight is 257 g/mol. The van der Waals surface area contributed by atoms with Crippen LogP contribution in [0.4, 0.5) is 0 Å². The highest BCUT2D eigenvalue weighted by Crippen LogP contribution is 2.22. The van der Waals surface area contributed by atoms with E-state index in [1.54, 1.807) is 0 Å². The maximum Gasteiger partial charge on any atom is 0.234 e. The van der Waals surface area contributed by atoms with Crippen LogP contribution >= 0.6 is 0 Å². The summed E-state index contributed by atoms with van der Waals surface area (Å²) in [5.74, 6) is 0.0955. The summed E-state index contributed by atoms with van der Waals surface area (Å²) in [6.45, 7) is 12.4. The second kappa shape index (κ2) is 8.48. The number of hydrogen-bond acceptors (Lipinski definition) is 3. The predicted octanol–water partition coefficient (Wildman–Crippen LogP) is 1.74. The third-order valence-electron chi connectivity index (χ3n) is 3.64. The van der Waals surface area contributed by atoms with Gasteiger partial charge in [-0.1, -0.05) is 20.8 Å². The number of nitrogens with one attached hydrogen (secondary N) is 1. The van der Waals surface area contributed by atoms with Gasteiger partial charge < -0.3 is 11.1 Å². The van der Waals surface area contributed by atoms with Crippen LogP contribution < -0.4 is 11.1 Å². The molecule has 0 radical (unpaired) electrons. The SMILES string of the molecule is CCCN(CC(=O)NC(C)C)C(CC)(CC)CN. The zero-order valence-electron chi connectivity index (χ0n) is 12.8. The molecule has 0 bridgehead atoms. The van der Waals surface area contributed by atoms with Crippen molar-refractivity contribution in [2.24, 2.45) is 5.73 Å². The lowest BCUT2D eigenvalue weighted by atomic mass is 9.90. The predicted molar refractivity (Wildman–Crippen MR) is 77.5 cm³/mol. The average Bonchev–Trinajstić information content (AvgIpc) is 2.31. The Bertz CT molecular complexity index is 229. The minimum absolute atomic E-state index is 0.0374.